The average molecular weight is 452 g/mol. The van der Waals surface area contributed by atoms with Crippen molar-refractivity contribution >= 4 is 38.4 Å². The van der Waals surface area contributed by atoms with Crippen molar-refractivity contribution in [3.8, 4) is 0 Å². The lowest BCUT2D eigenvalue weighted by atomic mass is 9.97. The van der Waals surface area contributed by atoms with Crippen LogP contribution >= 0.6 is 11.3 Å². The van der Waals surface area contributed by atoms with Gasteiger partial charge in [-0.2, -0.15) is 10.1 Å². The normalized spacial score (nSPS) is 20.9. The van der Waals surface area contributed by atoms with Gasteiger partial charge < -0.3 is 4.90 Å². The van der Waals surface area contributed by atoms with Gasteiger partial charge in [-0.3, -0.25) is 14.6 Å². The molecule has 3 atom stereocenters. The van der Waals surface area contributed by atoms with E-state index < -0.39 is 0 Å². The van der Waals surface area contributed by atoms with Crippen LogP contribution in [0.4, 0.5) is 5.82 Å². The van der Waals surface area contributed by atoms with Gasteiger partial charge >= 0.3 is 5.69 Å². The van der Waals surface area contributed by atoms with Gasteiger partial charge in [0.05, 0.1) is 21.2 Å². The fourth-order valence-electron chi connectivity index (χ4n) is 4.97. The maximum absolute atomic E-state index is 12.6. The third kappa shape index (κ3) is 3.40. The first-order valence-electron chi connectivity index (χ1n) is 11.3. The lowest BCUT2D eigenvalue weighted by molar-refractivity contribution is 0.101. The number of thiazole rings is 1. The molecule has 0 bridgehead atoms. The quantitative estimate of drug-likeness (QED) is 0.498. The van der Waals surface area contributed by atoms with E-state index >= 15 is 0 Å². The smallest absolute Gasteiger partial charge is 0.349 e. The highest BCUT2D eigenvalue weighted by Gasteiger charge is 2.37. The number of aryl methyl sites for hydroxylation is 1. The molecule has 0 saturated carbocycles. The van der Waals surface area contributed by atoms with E-state index in [4.69, 9.17) is 0 Å². The van der Waals surface area contributed by atoms with E-state index in [2.05, 4.69) is 68.9 Å². The summed E-state index contributed by atoms with van der Waals surface area (Å²) in [6, 6.07) is 7.53. The van der Waals surface area contributed by atoms with Gasteiger partial charge in [-0.15, -0.1) is 11.3 Å². The van der Waals surface area contributed by atoms with Crippen molar-refractivity contribution in [2.75, 3.05) is 18.0 Å². The van der Waals surface area contributed by atoms with Crippen LogP contribution in [-0.2, 0) is 7.05 Å². The monoisotopic (exact) mass is 451 g/mol. The number of hydrogen-bond acceptors (Lipinski definition) is 7. The van der Waals surface area contributed by atoms with Crippen LogP contribution in [0.3, 0.4) is 0 Å². The van der Waals surface area contributed by atoms with E-state index in [1.807, 2.05) is 5.51 Å². The topological polar surface area (TPSA) is 82.9 Å². The number of nitrogens with one attached hydrogen (secondary N) is 1. The molecule has 1 aliphatic rings. The van der Waals surface area contributed by atoms with Crippen LogP contribution in [-0.4, -0.2) is 54.8 Å². The van der Waals surface area contributed by atoms with E-state index in [-0.39, 0.29) is 11.7 Å². The van der Waals surface area contributed by atoms with E-state index in [9.17, 15) is 4.79 Å². The van der Waals surface area contributed by atoms with Gasteiger partial charge in [-0.25, -0.2) is 9.78 Å². The van der Waals surface area contributed by atoms with E-state index in [0.717, 1.165) is 42.5 Å². The zero-order valence-corrected chi connectivity index (χ0v) is 19.8. The molecule has 168 valence electrons. The minimum absolute atomic E-state index is 0.245. The standard InChI is InChI=1S/C23H29N7OS/c1-5-16-12-30(22-21-19(10-25-27-21)28(4)23(31)26-22)17(6-2)11-29(16)14(3)15-7-8-18-20(9-15)32-13-24-18/h7-10,13-14,16-17H,5-6,11-12H2,1-4H3,(H,25,27)/t14?,16-,17+/m1/s1. The number of nitrogens with zero attached hydrogens (tertiary/aromatic N) is 6. The van der Waals surface area contributed by atoms with Crippen LogP contribution in [0.25, 0.3) is 21.3 Å². The number of hydrogen-bond donors (Lipinski definition) is 1. The Kier molecular flexibility index (Phi) is 5.46. The molecule has 8 nitrogen and oxygen atoms in total. The molecule has 4 aromatic rings. The van der Waals surface area contributed by atoms with Gasteiger partial charge in [0.15, 0.2) is 11.3 Å². The van der Waals surface area contributed by atoms with Gasteiger partial charge in [0.2, 0.25) is 0 Å². The average Bonchev–Trinajstić information content (AvgIpc) is 3.49. The highest BCUT2D eigenvalue weighted by atomic mass is 32.1. The Hall–Kier alpha value is -2.78. The summed E-state index contributed by atoms with van der Waals surface area (Å²) in [6.07, 6.45) is 3.76. The first-order valence-corrected chi connectivity index (χ1v) is 12.2. The lowest BCUT2D eigenvalue weighted by Gasteiger charge is -2.49. The SMILES string of the molecule is CC[C@H]1CN(C(C)c2ccc3ncsc3c2)[C@H](CC)CN1c1nc(=O)n(C)c2c[nH]nc12. The molecule has 9 heteroatoms. The van der Waals surface area contributed by atoms with Crippen LogP contribution in [0.2, 0.25) is 0 Å². The Morgan fingerprint density at radius 2 is 2.03 bits per heavy atom. The molecule has 0 aliphatic carbocycles. The number of benzene rings is 1. The molecule has 32 heavy (non-hydrogen) atoms. The highest BCUT2D eigenvalue weighted by Crippen LogP contribution is 2.34. The molecule has 0 spiro atoms. The minimum atomic E-state index is -0.245. The van der Waals surface area contributed by atoms with Crippen molar-refractivity contribution < 1.29 is 0 Å². The van der Waals surface area contributed by atoms with Crippen molar-refractivity contribution in [3.63, 3.8) is 0 Å². The van der Waals surface area contributed by atoms with Crippen LogP contribution in [0.15, 0.2) is 34.7 Å². The van der Waals surface area contributed by atoms with Gasteiger partial charge in [-0.1, -0.05) is 19.9 Å². The zero-order valence-electron chi connectivity index (χ0n) is 18.9. The second-order valence-electron chi connectivity index (χ2n) is 8.62. The summed E-state index contributed by atoms with van der Waals surface area (Å²) in [5.74, 6) is 0.702. The molecular weight excluding hydrogens is 422 g/mol. The molecule has 0 radical (unpaired) electrons. The third-order valence-corrected chi connectivity index (χ3v) is 7.76. The molecule has 4 heterocycles. The Bertz CT molecular complexity index is 1310. The van der Waals surface area contributed by atoms with Crippen LogP contribution in [0.5, 0.6) is 0 Å². The number of anilines is 1. The molecule has 3 aromatic heterocycles. The van der Waals surface area contributed by atoms with Crippen molar-refractivity contribution in [1.29, 1.82) is 0 Å². The number of aromatic nitrogens is 5. The predicted molar refractivity (Wildman–Crippen MR) is 129 cm³/mol. The van der Waals surface area contributed by atoms with Gasteiger partial charge in [0.1, 0.15) is 0 Å². The maximum atomic E-state index is 12.6. The fourth-order valence-corrected chi connectivity index (χ4v) is 5.69. The minimum Gasteiger partial charge on any atom is -0.349 e. The Balaban J connectivity index is 1.49. The summed E-state index contributed by atoms with van der Waals surface area (Å²) in [5, 5.41) is 7.35. The molecule has 5 rings (SSSR count). The summed E-state index contributed by atoms with van der Waals surface area (Å²) >= 11 is 1.69. The summed E-state index contributed by atoms with van der Waals surface area (Å²) in [6.45, 7) is 8.49. The number of fused-ring (bicyclic) bond motifs is 2. The summed E-state index contributed by atoms with van der Waals surface area (Å²) in [7, 11) is 1.74. The highest BCUT2D eigenvalue weighted by molar-refractivity contribution is 7.16. The van der Waals surface area contributed by atoms with Crippen LogP contribution in [0, 0.1) is 0 Å². The molecular formula is C23H29N7OS. The van der Waals surface area contributed by atoms with E-state index in [1.54, 1.807) is 29.1 Å². The number of aromatic amines is 1. The molecule has 1 fully saturated rings. The van der Waals surface area contributed by atoms with Gasteiger partial charge in [0, 0.05) is 44.5 Å². The number of H-pyrrole nitrogens is 1. The first kappa shape index (κ1) is 21.1. The molecule has 0 amide bonds. The molecule has 1 aromatic carbocycles. The van der Waals surface area contributed by atoms with Crippen molar-refractivity contribution in [1.82, 2.24) is 29.6 Å². The first-order chi connectivity index (χ1) is 15.5. The second-order valence-corrected chi connectivity index (χ2v) is 9.51. The van der Waals surface area contributed by atoms with Gasteiger partial charge in [0.25, 0.3) is 0 Å². The van der Waals surface area contributed by atoms with Crippen molar-refractivity contribution in [2.45, 2.75) is 51.7 Å². The lowest BCUT2D eigenvalue weighted by Crippen LogP contribution is -2.59. The van der Waals surface area contributed by atoms with Gasteiger partial charge in [-0.05, 0) is 37.5 Å². The van der Waals surface area contributed by atoms with Crippen molar-refractivity contribution in [2.24, 2.45) is 7.05 Å². The third-order valence-electron chi connectivity index (χ3n) is 6.97. The Labute approximate surface area is 190 Å². The zero-order chi connectivity index (χ0) is 22.4. The Morgan fingerprint density at radius 3 is 2.81 bits per heavy atom. The molecule has 1 saturated heterocycles. The van der Waals surface area contributed by atoms with Crippen LogP contribution < -0.4 is 10.6 Å². The predicted octanol–water partition coefficient (Wildman–Crippen LogP) is 3.71. The molecule has 1 aliphatic heterocycles. The summed E-state index contributed by atoms with van der Waals surface area (Å²) in [5.41, 5.74) is 5.60. The van der Waals surface area contributed by atoms with E-state index in [0.29, 0.717) is 17.9 Å². The second kappa shape index (κ2) is 8.29. The maximum Gasteiger partial charge on any atom is 0.349 e. The van der Waals surface area contributed by atoms with Crippen LogP contribution in [0.1, 0.15) is 45.2 Å². The molecule has 1 unspecified atom stereocenters. The summed E-state index contributed by atoms with van der Waals surface area (Å²) in [4.78, 5) is 26.4. The number of rotatable bonds is 5. The molecule has 1 N–H and O–H groups in total. The number of piperazine rings is 1. The van der Waals surface area contributed by atoms with E-state index in [1.165, 1.54) is 10.3 Å². The summed E-state index contributed by atoms with van der Waals surface area (Å²) < 4.78 is 2.78. The fraction of sp³-hybridized carbons (Fsp3) is 0.478. The Morgan fingerprint density at radius 1 is 1.22 bits per heavy atom. The largest absolute Gasteiger partial charge is 0.349 e. The van der Waals surface area contributed by atoms with Crippen molar-refractivity contribution in [3.05, 3.63) is 46.0 Å².